The van der Waals surface area contributed by atoms with E-state index in [0.29, 0.717) is 12.5 Å². The van der Waals surface area contributed by atoms with Crippen molar-refractivity contribution in [3.63, 3.8) is 0 Å². The Morgan fingerprint density at radius 3 is 2.49 bits per heavy atom. The molecule has 2 aromatic heterocycles. The molecular formula is C30H36N6O. The first-order chi connectivity index (χ1) is 18.2. The number of anilines is 1. The summed E-state index contributed by atoms with van der Waals surface area (Å²) in [7, 11) is 0. The summed E-state index contributed by atoms with van der Waals surface area (Å²) < 4.78 is 2.22. The number of hydrogen-bond donors (Lipinski definition) is 0. The highest BCUT2D eigenvalue weighted by atomic mass is 16.2. The second-order valence-corrected chi connectivity index (χ2v) is 10.7. The molecule has 1 saturated carbocycles. The van der Waals surface area contributed by atoms with Crippen molar-refractivity contribution in [2.75, 3.05) is 24.5 Å². The highest BCUT2D eigenvalue weighted by Crippen LogP contribution is 2.35. The van der Waals surface area contributed by atoms with Gasteiger partial charge in [0.2, 0.25) is 11.9 Å². The predicted octanol–water partition coefficient (Wildman–Crippen LogP) is 5.56. The number of nitrogens with zero attached hydrogens (tertiary/aromatic N) is 6. The van der Waals surface area contributed by atoms with Gasteiger partial charge in [-0.1, -0.05) is 68.7 Å². The zero-order chi connectivity index (χ0) is 25.4. The van der Waals surface area contributed by atoms with Gasteiger partial charge >= 0.3 is 0 Å². The van der Waals surface area contributed by atoms with Crippen LogP contribution in [-0.4, -0.2) is 56.1 Å². The van der Waals surface area contributed by atoms with E-state index in [1.54, 1.807) is 0 Å². The van der Waals surface area contributed by atoms with Crippen LogP contribution in [0.15, 0.2) is 54.6 Å². The summed E-state index contributed by atoms with van der Waals surface area (Å²) in [6.45, 7) is 6.42. The lowest BCUT2D eigenvalue weighted by Gasteiger charge is -2.42. The standard InChI is InChI=1S/C30H36N6O/c1-3-24(22-12-6-4-7-13-22)29(37)35-19-18-34(20-21(35)2)30-31-26-17-11-10-16-25(26)28-33-32-27(36(28)30)23-14-8-5-9-15-23/h4,6-7,10-13,16-17,21,23-24H,3,5,8-9,14-15,18-20H2,1-2H3/t21-,24+/m1/s1. The first kappa shape index (κ1) is 23.9. The SMILES string of the molecule is CC[C@H](C(=O)N1CCN(c2nc3ccccc3c3nnc(C4CCCCC4)n23)C[C@H]1C)c1ccccc1. The summed E-state index contributed by atoms with van der Waals surface area (Å²) in [4.78, 5) is 23.2. The van der Waals surface area contributed by atoms with Gasteiger partial charge in [0, 0.05) is 37.0 Å². The highest BCUT2D eigenvalue weighted by Gasteiger charge is 2.34. The molecular weight excluding hydrogens is 460 g/mol. The van der Waals surface area contributed by atoms with Gasteiger partial charge in [0.15, 0.2) is 5.65 Å². The minimum absolute atomic E-state index is 0.0805. The Kier molecular flexibility index (Phi) is 6.53. The largest absolute Gasteiger partial charge is 0.338 e. The fourth-order valence-corrected chi connectivity index (χ4v) is 6.33. The molecule has 0 radical (unpaired) electrons. The lowest BCUT2D eigenvalue weighted by atomic mass is 9.89. The molecule has 0 bridgehead atoms. The van der Waals surface area contributed by atoms with Crippen molar-refractivity contribution < 1.29 is 4.79 Å². The molecule has 1 saturated heterocycles. The molecule has 1 aliphatic carbocycles. The topological polar surface area (TPSA) is 66.6 Å². The predicted molar refractivity (Wildman–Crippen MR) is 147 cm³/mol. The van der Waals surface area contributed by atoms with Gasteiger partial charge < -0.3 is 9.80 Å². The number of fused-ring (bicyclic) bond motifs is 3. The van der Waals surface area contributed by atoms with Gasteiger partial charge in [-0.05, 0) is 43.9 Å². The molecule has 7 heteroatoms. The Morgan fingerprint density at radius 2 is 1.73 bits per heavy atom. The highest BCUT2D eigenvalue weighted by molar-refractivity contribution is 5.92. The molecule has 1 amide bonds. The lowest BCUT2D eigenvalue weighted by molar-refractivity contribution is -0.135. The molecule has 37 heavy (non-hydrogen) atoms. The van der Waals surface area contributed by atoms with E-state index in [2.05, 4.69) is 57.4 Å². The van der Waals surface area contributed by atoms with Crippen molar-refractivity contribution in [2.24, 2.45) is 0 Å². The van der Waals surface area contributed by atoms with Crippen LogP contribution in [0.25, 0.3) is 16.6 Å². The summed E-state index contributed by atoms with van der Waals surface area (Å²) >= 11 is 0. The Labute approximate surface area is 218 Å². The van der Waals surface area contributed by atoms with Crippen LogP contribution in [0, 0.1) is 0 Å². The number of piperazine rings is 1. The average Bonchev–Trinajstić information content (AvgIpc) is 3.40. The molecule has 0 N–H and O–H groups in total. The zero-order valence-corrected chi connectivity index (χ0v) is 21.9. The molecule has 0 unspecified atom stereocenters. The van der Waals surface area contributed by atoms with E-state index >= 15 is 0 Å². The maximum Gasteiger partial charge on any atom is 0.230 e. The Hall–Kier alpha value is -3.48. The van der Waals surface area contributed by atoms with Gasteiger partial charge in [-0.2, -0.15) is 0 Å². The average molecular weight is 497 g/mol. The second kappa shape index (κ2) is 10.1. The van der Waals surface area contributed by atoms with Crippen LogP contribution in [-0.2, 0) is 4.79 Å². The summed E-state index contributed by atoms with van der Waals surface area (Å²) in [5.41, 5.74) is 2.93. The fourth-order valence-electron chi connectivity index (χ4n) is 6.33. The quantitative estimate of drug-likeness (QED) is 0.362. The Morgan fingerprint density at radius 1 is 0.973 bits per heavy atom. The van der Waals surface area contributed by atoms with E-state index in [-0.39, 0.29) is 17.9 Å². The Bertz CT molecular complexity index is 1390. The smallest absolute Gasteiger partial charge is 0.230 e. The normalized spacial score (nSPS) is 20.0. The maximum absolute atomic E-state index is 13.7. The van der Waals surface area contributed by atoms with Crippen LogP contribution in [0.2, 0.25) is 0 Å². The summed E-state index contributed by atoms with van der Waals surface area (Å²) in [5.74, 6) is 2.50. The van der Waals surface area contributed by atoms with Crippen molar-refractivity contribution in [2.45, 2.75) is 70.3 Å². The van der Waals surface area contributed by atoms with Crippen LogP contribution < -0.4 is 4.90 Å². The van der Waals surface area contributed by atoms with Crippen molar-refractivity contribution >= 4 is 28.4 Å². The maximum atomic E-state index is 13.7. The number of hydrogen-bond acceptors (Lipinski definition) is 5. The minimum atomic E-state index is -0.101. The fraction of sp³-hybridized carbons (Fsp3) is 0.467. The van der Waals surface area contributed by atoms with E-state index in [9.17, 15) is 4.79 Å². The molecule has 3 heterocycles. The van der Waals surface area contributed by atoms with Gasteiger partial charge in [-0.3, -0.25) is 4.79 Å². The Balaban J connectivity index is 1.33. The summed E-state index contributed by atoms with van der Waals surface area (Å²) in [6.07, 6.45) is 6.90. The first-order valence-electron chi connectivity index (χ1n) is 13.9. The van der Waals surface area contributed by atoms with Gasteiger partial charge in [-0.25, -0.2) is 9.38 Å². The molecule has 192 valence electrons. The van der Waals surface area contributed by atoms with E-state index in [4.69, 9.17) is 10.1 Å². The van der Waals surface area contributed by atoms with Crippen molar-refractivity contribution in [3.05, 3.63) is 66.0 Å². The van der Waals surface area contributed by atoms with E-state index in [1.165, 1.54) is 19.3 Å². The van der Waals surface area contributed by atoms with Gasteiger partial charge in [0.05, 0.1) is 11.4 Å². The van der Waals surface area contributed by atoms with E-state index in [0.717, 1.165) is 66.2 Å². The molecule has 2 atom stereocenters. The number of rotatable bonds is 5. The molecule has 1 aliphatic heterocycles. The number of carbonyl (C=O) groups is 1. The van der Waals surface area contributed by atoms with Crippen LogP contribution in [0.1, 0.15) is 75.6 Å². The third-order valence-corrected chi connectivity index (χ3v) is 8.33. The van der Waals surface area contributed by atoms with Crippen LogP contribution in [0.3, 0.4) is 0 Å². The molecule has 2 aliphatic rings. The van der Waals surface area contributed by atoms with Crippen LogP contribution in [0.5, 0.6) is 0 Å². The molecule has 0 spiro atoms. The molecule has 6 rings (SSSR count). The molecule has 4 aromatic rings. The van der Waals surface area contributed by atoms with Crippen molar-refractivity contribution in [3.8, 4) is 0 Å². The number of amides is 1. The monoisotopic (exact) mass is 496 g/mol. The van der Waals surface area contributed by atoms with Crippen LogP contribution in [0.4, 0.5) is 5.95 Å². The second-order valence-electron chi connectivity index (χ2n) is 10.7. The third-order valence-electron chi connectivity index (χ3n) is 8.33. The van der Waals surface area contributed by atoms with Crippen molar-refractivity contribution in [1.29, 1.82) is 0 Å². The number of aromatic nitrogens is 4. The minimum Gasteiger partial charge on any atom is -0.338 e. The number of benzene rings is 2. The third kappa shape index (κ3) is 4.34. The van der Waals surface area contributed by atoms with Crippen LogP contribution >= 0.6 is 0 Å². The molecule has 2 aromatic carbocycles. The van der Waals surface area contributed by atoms with Gasteiger partial charge in [0.1, 0.15) is 5.82 Å². The van der Waals surface area contributed by atoms with E-state index < -0.39 is 0 Å². The number of para-hydroxylation sites is 1. The first-order valence-corrected chi connectivity index (χ1v) is 13.9. The van der Waals surface area contributed by atoms with Gasteiger partial charge in [-0.15, -0.1) is 10.2 Å². The number of carbonyl (C=O) groups excluding carboxylic acids is 1. The van der Waals surface area contributed by atoms with Crippen molar-refractivity contribution in [1.82, 2.24) is 24.5 Å². The van der Waals surface area contributed by atoms with E-state index in [1.807, 2.05) is 30.3 Å². The molecule has 2 fully saturated rings. The zero-order valence-electron chi connectivity index (χ0n) is 21.9. The summed E-state index contributed by atoms with van der Waals surface area (Å²) in [5, 5.41) is 10.5. The molecule has 7 nitrogen and oxygen atoms in total. The lowest BCUT2D eigenvalue weighted by Crippen LogP contribution is -2.55. The summed E-state index contributed by atoms with van der Waals surface area (Å²) in [6, 6.07) is 18.5. The van der Waals surface area contributed by atoms with Gasteiger partial charge in [0.25, 0.3) is 0 Å².